The number of aliphatic hydroxyl groups is 1. The molecule has 0 aliphatic carbocycles. The molecule has 4 heteroatoms. The largest absolute Gasteiger partial charge is 0.389 e. The highest BCUT2D eigenvalue weighted by atomic mass is 79.9. The van der Waals surface area contributed by atoms with E-state index in [0.29, 0.717) is 6.42 Å². The summed E-state index contributed by atoms with van der Waals surface area (Å²) < 4.78 is 1.03. The van der Waals surface area contributed by atoms with Gasteiger partial charge in [0.1, 0.15) is 0 Å². The van der Waals surface area contributed by atoms with Crippen LogP contribution < -0.4 is 5.32 Å². The smallest absolute Gasteiger partial charge is 0.220 e. The van der Waals surface area contributed by atoms with Crippen LogP contribution in [0.4, 0.5) is 0 Å². The Bertz CT molecular complexity index is 395. The van der Waals surface area contributed by atoms with Crippen molar-refractivity contribution in [2.45, 2.75) is 38.7 Å². The molecule has 0 fully saturated rings. The van der Waals surface area contributed by atoms with E-state index in [-0.39, 0.29) is 18.4 Å². The maximum absolute atomic E-state index is 11.7. The molecule has 0 heterocycles. The topological polar surface area (TPSA) is 49.3 Å². The van der Waals surface area contributed by atoms with Crippen molar-refractivity contribution in [3.05, 3.63) is 34.3 Å². The molecular weight excluding hydrogens is 294 g/mol. The van der Waals surface area contributed by atoms with Gasteiger partial charge in [-0.1, -0.05) is 35.0 Å². The van der Waals surface area contributed by atoms with Gasteiger partial charge in [-0.15, -0.1) is 0 Å². The average Bonchev–Trinajstić information content (AvgIpc) is 2.26. The molecule has 1 aromatic carbocycles. The summed E-state index contributed by atoms with van der Waals surface area (Å²) in [4.78, 5) is 11.7. The molecule has 1 rings (SSSR count). The van der Waals surface area contributed by atoms with Crippen LogP contribution >= 0.6 is 15.9 Å². The molecule has 1 atom stereocenters. The van der Waals surface area contributed by atoms with Crippen molar-refractivity contribution in [2.24, 2.45) is 0 Å². The van der Waals surface area contributed by atoms with E-state index in [1.807, 2.05) is 31.2 Å². The Hall–Kier alpha value is -0.870. The molecule has 0 saturated heterocycles. The molecule has 0 aliphatic rings. The Morgan fingerprint density at radius 2 is 1.94 bits per heavy atom. The maximum Gasteiger partial charge on any atom is 0.220 e. The monoisotopic (exact) mass is 313 g/mol. The Balaban J connectivity index is 2.47. The molecule has 0 saturated carbocycles. The Kier molecular flexibility index (Phi) is 5.35. The van der Waals surface area contributed by atoms with Gasteiger partial charge in [0.15, 0.2) is 0 Å². The third-order valence-corrected chi connectivity index (χ3v) is 3.18. The van der Waals surface area contributed by atoms with Gasteiger partial charge in [-0.2, -0.15) is 0 Å². The number of carbonyl (C=O) groups excluding carboxylic acids is 1. The SMILES string of the molecule is CC(CC(=O)NCC(C)(C)O)c1ccc(Br)cc1. The van der Waals surface area contributed by atoms with Crippen molar-refractivity contribution >= 4 is 21.8 Å². The van der Waals surface area contributed by atoms with Crippen molar-refractivity contribution in [1.82, 2.24) is 5.32 Å². The molecule has 0 aliphatic heterocycles. The van der Waals surface area contributed by atoms with E-state index < -0.39 is 5.60 Å². The molecule has 1 unspecified atom stereocenters. The normalized spacial score (nSPS) is 13.2. The number of rotatable bonds is 5. The highest BCUT2D eigenvalue weighted by Gasteiger charge is 2.16. The van der Waals surface area contributed by atoms with Crippen LogP contribution in [0.2, 0.25) is 0 Å². The molecule has 100 valence electrons. The summed E-state index contributed by atoms with van der Waals surface area (Å²) in [6.07, 6.45) is 0.428. The number of amides is 1. The zero-order chi connectivity index (χ0) is 13.8. The summed E-state index contributed by atoms with van der Waals surface area (Å²) in [6.45, 7) is 5.64. The lowest BCUT2D eigenvalue weighted by molar-refractivity contribution is -0.122. The average molecular weight is 314 g/mol. The van der Waals surface area contributed by atoms with Crippen molar-refractivity contribution < 1.29 is 9.90 Å². The lowest BCUT2D eigenvalue weighted by Gasteiger charge is -2.19. The third kappa shape index (κ3) is 5.65. The van der Waals surface area contributed by atoms with E-state index >= 15 is 0 Å². The number of nitrogens with one attached hydrogen (secondary N) is 1. The van der Waals surface area contributed by atoms with Crippen molar-refractivity contribution in [2.75, 3.05) is 6.54 Å². The summed E-state index contributed by atoms with van der Waals surface area (Å²) in [7, 11) is 0. The molecule has 18 heavy (non-hydrogen) atoms. The molecule has 2 N–H and O–H groups in total. The first-order valence-corrected chi connectivity index (χ1v) is 6.82. The van der Waals surface area contributed by atoms with Gasteiger partial charge in [-0.3, -0.25) is 4.79 Å². The van der Waals surface area contributed by atoms with E-state index in [1.54, 1.807) is 13.8 Å². The Morgan fingerprint density at radius 1 is 1.39 bits per heavy atom. The maximum atomic E-state index is 11.7. The van der Waals surface area contributed by atoms with E-state index in [2.05, 4.69) is 21.2 Å². The number of carbonyl (C=O) groups is 1. The fourth-order valence-electron chi connectivity index (χ4n) is 1.57. The van der Waals surface area contributed by atoms with Crippen LogP contribution in [0.5, 0.6) is 0 Å². The second-order valence-corrected chi connectivity index (χ2v) is 6.16. The predicted molar refractivity (Wildman–Crippen MR) is 76.5 cm³/mol. The van der Waals surface area contributed by atoms with Gasteiger partial charge < -0.3 is 10.4 Å². The van der Waals surface area contributed by atoms with Crippen LogP contribution in [0.1, 0.15) is 38.7 Å². The minimum atomic E-state index is -0.865. The van der Waals surface area contributed by atoms with E-state index in [1.165, 1.54) is 0 Å². The van der Waals surface area contributed by atoms with Crippen molar-refractivity contribution in [1.29, 1.82) is 0 Å². The van der Waals surface area contributed by atoms with Gasteiger partial charge in [0, 0.05) is 17.4 Å². The zero-order valence-electron chi connectivity index (χ0n) is 11.0. The fraction of sp³-hybridized carbons (Fsp3) is 0.500. The molecule has 0 aromatic heterocycles. The van der Waals surface area contributed by atoms with Crippen LogP contribution in [0.15, 0.2) is 28.7 Å². The van der Waals surface area contributed by atoms with Gasteiger partial charge in [0.2, 0.25) is 5.91 Å². The quantitative estimate of drug-likeness (QED) is 0.878. The number of hydrogen-bond donors (Lipinski definition) is 2. The van der Waals surface area contributed by atoms with Crippen molar-refractivity contribution in [3.63, 3.8) is 0 Å². The second kappa shape index (κ2) is 6.34. The first-order chi connectivity index (χ1) is 8.28. The van der Waals surface area contributed by atoms with E-state index in [9.17, 15) is 9.90 Å². The van der Waals surface area contributed by atoms with Gasteiger partial charge in [0.25, 0.3) is 0 Å². The fourth-order valence-corrected chi connectivity index (χ4v) is 1.84. The summed E-state index contributed by atoms with van der Waals surface area (Å²) in [6, 6.07) is 7.97. The zero-order valence-corrected chi connectivity index (χ0v) is 12.6. The van der Waals surface area contributed by atoms with Crippen LogP contribution in [0.25, 0.3) is 0 Å². The molecule has 0 bridgehead atoms. The molecule has 3 nitrogen and oxygen atoms in total. The standard InChI is InChI=1S/C14H20BrNO2/c1-10(11-4-6-12(15)7-5-11)8-13(17)16-9-14(2,3)18/h4-7,10,18H,8-9H2,1-3H3,(H,16,17). The Labute approximate surface area is 117 Å². The third-order valence-electron chi connectivity index (χ3n) is 2.65. The summed E-state index contributed by atoms with van der Waals surface area (Å²) in [5, 5.41) is 12.3. The number of hydrogen-bond acceptors (Lipinski definition) is 2. The first-order valence-electron chi connectivity index (χ1n) is 6.02. The highest BCUT2D eigenvalue weighted by Crippen LogP contribution is 2.21. The molecule has 0 spiro atoms. The van der Waals surface area contributed by atoms with Gasteiger partial charge in [-0.05, 0) is 37.5 Å². The van der Waals surface area contributed by atoms with Crippen LogP contribution in [0, 0.1) is 0 Å². The van der Waals surface area contributed by atoms with Crippen LogP contribution in [-0.4, -0.2) is 23.2 Å². The van der Waals surface area contributed by atoms with Gasteiger partial charge >= 0.3 is 0 Å². The van der Waals surface area contributed by atoms with Crippen molar-refractivity contribution in [3.8, 4) is 0 Å². The summed E-state index contributed by atoms with van der Waals surface area (Å²) in [5.41, 5.74) is 0.271. The first kappa shape index (κ1) is 15.2. The van der Waals surface area contributed by atoms with Crippen LogP contribution in [0.3, 0.4) is 0 Å². The molecular formula is C14H20BrNO2. The minimum Gasteiger partial charge on any atom is -0.389 e. The van der Waals surface area contributed by atoms with E-state index in [4.69, 9.17) is 0 Å². The molecule has 1 amide bonds. The summed E-state index contributed by atoms with van der Waals surface area (Å²) >= 11 is 3.39. The van der Waals surface area contributed by atoms with E-state index in [0.717, 1.165) is 10.0 Å². The lowest BCUT2D eigenvalue weighted by Crippen LogP contribution is -2.38. The second-order valence-electron chi connectivity index (χ2n) is 5.25. The molecule has 1 aromatic rings. The minimum absolute atomic E-state index is 0.0347. The van der Waals surface area contributed by atoms with Gasteiger partial charge in [0.05, 0.1) is 5.60 Å². The van der Waals surface area contributed by atoms with Gasteiger partial charge in [-0.25, -0.2) is 0 Å². The predicted octanol–water partition coefficient (Wildman–Crippen LogP) is 2.83. The number of halogens is 1. The van der Waals surface area contributed by atoms with Crippen LogP contribution in [-0.2, 0) is 4.79 Å². The Morgan fingerprint density at radius 3 is 2.44 bits per heavy atom. The highest BCUT2D eigenvalue weighted by molar-refractivity contribution is 9.10. The summed E-state index contributed by atoms with van der Waals surface area (Å²) in [5.74, 6) is 0.132. The lowest BCUT2D eigenvalue weighted by atomic mass is 9.97. The molecule has 0 radical (unpaired) electrons. The number of benzene rings is 1.